The molecule has 0 radical (unpaired) electrons. The molecule has 1 aromatic heterocycles. The first-order chi connectivity index (χ1) is 15.1. The van der Waals surface area contributed by atoms with Crippen LogP contribution in [0.1, 0.15) is 41.6 Å². The molecule has 0 bridgehead atoms. The van der Waals surface area contributed by atoms with Crippen molar-refractivity contribution in [2.45, 2.75) is 45.0 Å². The first kappa shape index (κ1) is 23.6. The van der Waals surface area contributed by atoms with E-state index in [1.54, 1.807) is 0 Å². The van der Waals surface area contributed by atoms with E-state index in [1.807, 2.05) is 32.1 Å². The largest absolute Gasteiger partial charge is 0.573 e. The highest BCUT2D eigenvalue weighted by atomic mass is 19.4. The van der Waals surface area contributed by atoms with Gasteiger partial charge in [-0.3, -0.25) is 4.79 Å². The van der Waals surface area contributed by atoms with E-state index >= 15 is 0 Å². The van der Waals surface area contributed by atoms with Crippen LogP contribution in [0.15, 0.2) is 30.5 Å². The summed E-state index contributed by atoms with van der Waals surface area (Å²) in [6.07, 6.45) is 0.841. The number of carbonyl (C=O) groups is 1. The number of aryl methyl sites for hydroxylation is 1. The van der Waals surface area contributed by atoms with Crippen LogP contribution in [-0.4, -0.2) is 48.9 Å². The number of nitrogens with zero attached hydrogens (tertiary/aromatic N) is 3. The Labute approximate surface area is 185 Å². The van der Waals surface area contributed by atoms with Gasteiger partial charge in [-0.15, -0.1) is 13.2 Å². The van der Waals surface area contributed by atoms with Crippen LogP contribution in [0.25, 0.3) is 0 Å². The molecule has 2 aromatic rings. The lowest BCUT2D eigenvalue weighted by atomic mass is 9.86. The van der Waals surface area contributed by atoms with Gasteiger partial charge in [0.25, 0.3) is 5.91 Å². The Morgan fingerprint density at radius 3 is 2.41 bits per heavy atom. The topological polar surface area (TPSA) is 79.4 Å². The molecule has 7 nitrogen and oxygen atoms in total. The number of ether oxygens (including phenoxy) is 1. The number of alkyl halides is 3. The average Bonchev–Trinajstić information content (AvgIpc) is 2.73. The van der Waals surface area contributed by atoms with Gasteiger partial charge < -0.3 is 20.3 Å². The minimum absolute atomic E-state index is 0.279. The summed E-state index contributed by atoms with van der Waals surface area (Å²) in [5, 5.41) is 6.28. The lowest BCUT2D eigenvalue weighted by molar-refractivity contribution is -0.274. The van der Waals surface area contributed by atoms with Crippen LogP contribution >= 0.6 is 0 Å². The molecule has 1 aliphatic rings. The Morgan fingerprint density at radius 1 is 1.16 bits per heavy atom. The van der Waals surface area contributed by atoms with E-state index in [-0.39, 0.29) is 17.7 Å². The molecule has 3 rings (SSSR count). The third-order valence-corrected chi connectivity index (χ3v) is 5.45. The number of hydrogen-bond acceptors (Lipinski definition) is 6. The number of hydrogen-bond donors (Lipinski definition) is 2. The number of benzene rings is 1. The summed E-state index contributed by atoms with van der Waals surface area (Å²) in [6, 6.07) is 5.19. The van der Waals surface area contributed by atoms with Crippen LogP contribution in [0.4, 0.5) is 24.9 Å². The molecule has 10 heteroatoms. The number of rotatable bonds is 7. The second-order valence-corrected chi connectivity index (χ2v) is 8.24. The van der Waals surface area contributed by atoms with Gasteiger partial charge in [0.15, 0.2) is 0 Å². The van der Waals surface area contributed by atoms with Crippen LogP contribution in [0.5, 0.6) is 5.75 Å². The summed E-state index contributed by atoms with van der Waals surface area (Å²) in [4.78, 5) is 23.2. The second kappa shape index (κ2) is 10.1. The van der Waals surface area contributed by atoms with Gasteiger partial charge in [0, 0.05) is 44.0 Å². The van der Waals surface area contributed by atoms with Crippen LogP contribution in [0, 0.1) is 12.8 Å². The van der Waals surface area contributed by atoms with Crippen molar-refractivity contribution in [3.8, 4) is 5.75 Å². The molecular weight excluding hydrogens is 423 g/mol. The van der Waals surface area contributed by atoms with Crippen LogP contribution in [0.3, 0.4) is 0 Å². The van der Waals surface area contributed by atoms with Gasteiger partial charge in [-0.25, -0.2) is 4.98 Å². The SMILES string of the molecule is Cc1cnc(N[C@H]2CC[C@@H](CNC(=O)c3ccc(OC(F)(F)F)cc3)CC2)nc1N(C)C. The number of carbonyl (C=O) groups excluding carboxylic acids is 1. The molecule has 0 atom stereocenters. The summed E-state index contributed by atoms with van der Waals surface area (Å²) in [6.45, 7) is 2.50. The Morgan fingerprint density at radius 2 is 1.81 bits per heavy atom. The number of halogens is 3. The predicted molar refractivity (Wildman–Crippen MR) is 116 cm³/mol. The molecule has 1 fully saturated rings. The summed E-state index contributed by atoms with van der Waals surface area (Å²) >= 11 is 0. The fourth-order valence-corrected chi connectivity index (χ4v) is 3.80. The zero-order valence-electron chi connectivity index (χ0n) is 18.4. The summed E-state index contributed by atoms with van der Waals surface area (Å²) in [5.74, 6) is 1.19. The monoisotopic (exact) mass is 451 g/mol. The number of aromatic nitrogens is 2. The van der Waals surface area contributed by atoms with Gasteiger partial charge in [0.05, 0.1) is 0 Å². The van der Waals surface area contributed by atoms with Gasteiger partial charge >= 0.3 is 6.36 Å². The van der Waals surface area contributed by atoms with Gasteiger partial charge in [-0.1, -0.05) is 0 Å². The highest BCUT2D eigenvalue weighted by Gasteiger charge is 2.31. The van der Waals surface area contributed by atoms with E-state index in [4.69, 9.17) is 0 Å². The Hall–Kier alpha value is -3.04. The maximum Gasteiger partial charge on any atom is 0.573 e. The quantitative estimate of drug-likeness (QED) is 0.659. The molecule has 1 saturated carbocycles. The van der Waals surface area contributed by atoms with Crippen LogP contribution < -0.4 is 20.3 Å². The van der Waals surface area contributed by atoms with E-state index in [2.05, 4.69) is 25.3 Å². The molecule has 1 heterocycles. The minimum atomic E-state index is -4.75. The first-order valence-corrected chi connectivity index (χ1v) is 10.5. The lowest BCUT2D eigenvalue weighted by Gasteiger charge is -2.29. The molecule has 1 aromatic carbocycles. The maximum atomic E-state index is 12.3. The van der Waals surface area contributed by atoms with Crippen molar-refractivity contribution in [3.63, 3.8) is 0 Å². The van der Waals surface area contributed by atoms with E-state index in [0.29, 0.717) is 24.0 Å². The number of amides is 1. The van der Waals surface area contributed by atoms with Gasteiger partial charge in [-0.2, -0.15) is 4.98 Å². The number of anilines is 2. The van der Waals surface area contributed by atoms with Gasteiger partial charge in [-0.05, 0) is 62.8 Å². The fourth-order valence-electron chi connectivity index (χ4n) is 3.80. The van der Waals surface area contributed by atoms with Crippen molar-refractivity contribution < 1.29 is 22.7 Å². The van der Waals surface area contributed by atoms with E-state index in [0.717, 1.165) is 49.2 Å². The second-order valence-electron chi connectivity index (χ2n) is 8.24. The van der Waals surface area contributed by atoms with Crippen LogP contribution in [0.2, 0.25) is 0 Å². The summed E-state index contributed by atoms with van der Waals surface area (Å²) in [5.41, 5.74) is 1.31. The van der Waals surface area contributed by atoms with Crippen LogP contribution in [-0.2, 0) is 0 Å². The zero-order valence-corrected chi connectivity index (χ0v) is 18.4. The van der Waals surface area contributed by atoms with Crippen molar-refractivity contribution in [1.82, 2.24) is 15.3 Å². The van der Waals surface area contributed by atoms with E-state index < -0.39 is 6.36 Å². The lowest BCUT2D eigenvalue weighted by Crippen LogP contribution is -2.34. The molecule has 2 N–H and O–H groups in total. The standard InChI is InChI=1S/C22H28F3N5O2/c1-14-12-27-21(29-19(14)30(2)3)28-17-8-4-15(5-9-17)13-26-20(31)16-6-10-18(11-7-16)32-22(23,24)25/h6-7,10-12,15,17H,4-5,8-9,13H2,1-3H3,(H,26,31)(H,27,28,29)/t15-,17+. The molecule has 174 valence electrons. The fraction of sp³-hybridized carbons (Fsp3) is 0.500. The Kier molecular flexibility index (Phi) is 7.42. The van der Waals surface area contributed by atoms with Crippen molar-refractivity contribution in [2.24, 2.45) is 5.92 Å². The molecule has 0 unspecified atom stereocenters. The molecule has 0 saturated heterocycles. The third-order valence-electron chi connectivity index (χ3n) is 5.45. The molecule has 0 aliphatic heterocycles. The van der Waals surface area contributed by atoms with Crippen molar-refractivity contribution >= 4 is 17.7 Å². The van der Waals surface area contributed by atoms with Crippen molar-refractivity contribution in [1.29, 1.82) is 0 Å². The molecule has 0 spiro atoms. The predicted octanol–water partition coefficient (Wildman–Crippen LogP) is 4.15. The normalized spacial score (nSPS) is 18.7. The smallest absolute Gasteiger partial charge is 0.406 e. The minimum Gasteiger partial charge on any atom is -0.406 e. The van der Waals surface area contributed by atoms with E-state index in [1.165, 1.54) is 12.1 Å². The Bertz CT molecular complexity index is 911. The third kappa shape index (κ3) is 6.73. The zero-order chi connectivity index (χ0) is 23.3. The molecule has 1 amide bonds. The van der Waals surface area contributed by atoms with Crippen molar-refractivity contribution in [3.05, 3.63) is 41.6 Å². The van der Waals surface area contributed by atoms with E-state index in [9.17, 15) is 18.0 Å². The van der Waals surface area contributed by atoms with Gasteiger partial charge in [0.2, 0.25) is 5.95 Å². The Balaban J connectivity index is 1.43. The highest BCUT2D eigenvalue weighted by Crippen LogP contribution is 2.27. The molecule has 1 aliphatic carbocycles. The first-order valence-electron chi connectivity index (χ1n) is 10.5. The highest BCUT2D eigenvalue weighted by molar-refractivity contribution is 5.94. The molecule has 32 heavy (non-hydrogen) atoms. The van der Waals surface area contributed by atoms with Gasteiger partial charge in [0.1, 0.15) is 11.6 Å². The summed E-state index contributed by atoms with van der Waals surface area (Å²) < 4.78 is 40.5. The average molecular weight is 451 g/mol. The summed E-state index contributed by atoms with van der Waals surface area (Å²) in [7, 11) is 3.90. The maximum absolute atomic E-state index is 12.3. The number of nitrogens with one attached hydrogen (secondary N) is 2. The van der Waals surface area contributed by atoms with Crippen molar-refractivity contribution in [2.75, 3.05) is 30.9 Å². The molecular formula is C22H28F3N5O2.